The second-order valence-corrected chi connectivity index (χ2v) is 6.22. The molecule has 0 spiro atoms. The Hall–Kier alpha value is -1.61. The van der Waals surface area contributed by atoms with E-state index in [4.69, 9.17) is 9.73 Å². The minimum atomic E-state index is 0. The van der Waals surface area contributed by atoms with Gasteiger partial charge < -0.3 is 15.0 Å². The standard InChI is InChI=1S/C19H27N5O.HI/c1-3-20-19(21-10-9-16-7-5-4-6-8-16)24-11-12-25-18(15-24)17-13-22-23(2)14-17;/h4-8,13-14,18H,3,9-12,15H2,1-2H3,(H,20,21);1H. The molecule has 1 N–H and O–H groups in total. The van der Waals surface area contributed by atoms with Gasteiger partial charge in [-0.1, -0.05) is 30.3 Å². The maximum Gasteiger partial charge on any atom is 0.194 e. The van der Waals surface area contributed by atoms with Crippen LogP contribution in [0, 0.1) is 0 Å². The molecule has 0 bridgehead atoms. The third kappa shape index (κ3) is 5.70. The average molecular weight is 469 g/mol. The van der Waals surface area contributed by atoms with Crippen molar-refractivity contribution in [3.8, 4) is 0 Å². The molecule has 0 saturated carbocycles. The van der Waals surface area contributed by atoms with Crippen molar-refractivity contribution in [1.82, 2.24) is 20.0 Å². The summed E-state index contributed by atoms with van der Waals surface area (Å²) in [6.45, 7) is 6.09. The number of halogens is 1. The summed E-state index contributed by atoms with van der Waals surface area (Å²) in [6, 6.07) is 10.5. The number of rotatable bonds is 5. The molecule has 142 valence electrons. The average Bonchev–Trinajstić information content (AvgIpc) is 3.08. The van der Waals surface area contributed by atoms with Crippen molar-refractivity contribution in [2.24, 2.45) is 12.0 Å². The number of nitrogens with zero attached hydrogens (tertiary/aromatic N) is 4. The highest BCUT2D eigenvalue weighted by Gasteiger charge is 2.25. The van der Waals surface area contributed by atoms with Gasteiger partial charge in [0.1, 0.15) is 6.10 Å². The molecule has 1 aromatic heterocycles. The van der Waals surface area contributed by atoms with Gasteiger partial charge in [-0.15, -0.1) is 24.0 Å². The Morgan fingerprint density at radius 3 is 2.85 bits per heavy atom. The van der Waals surface area contributed by atoms with Crippen LogP contribution >= 0.6 is 24.0 Å². The number of nitrogens with one attached hydrogen (secondary N) is 1. The fourth-order valence-electron chi connectivity index (χ4n) is 3.01. The van der Waals surface area contributed by atoms with Crippen LogP contribution in [-0.2, 0) is 18.2 Å². The molecule has 0 radical (unpaired) electrons. The quantitative estimate of drug-likeness (QED) is 0.416. The minimum absolute atomic E-state index is 0. The Morgan fingerprint density at radius 1 is 1.35 bits per heavy atom. The Kier molecular flexibility index (Phi) is 8.37. The summed E-state index contributed by atoms with van der Waals surface area (Å²) >= 11 is 0. The molecule has 2 heterocycles. The number of aliphatic imine (C=N–C) groups is 1. The van der Waals surface area contributed by atoms with Gasteiger partial charge in [0.05, 0.1) is 19.3 Å². The molecule has 1 fully saturated rings. The van der Waals surface area contributed by atoms with Crippen LogP contribution in [0.5, 0.6) is 0 Å². The highest BCUT2D eigenvalue weighted by molar-refractivity contribution is 14.0. The van der Waals surface area contributed by atoms with Gasteiger partial charge in [0.25, 0.3) is 0 Å². The largest absolute Gasteiger partial charge is 0.370 e. The molecule has 1 unspecified atom stereocenters. The molecule has 0 amide bonds. The molecule has 1 saturated heterocycles. The Bertz CT molecular complexity index is 688. The first-order chi connectivity index (χ1) is 12.3. The van der Waals surface area contributed by atoms with Crippen LogP contribution < -0.4 is 5.32 Å². The number of benzene rings is 1. The molecule has 1 aromatic carbocycles. The van der Waals surface area contributed by atoms with Gasteiger partial charge in [0.2, 0.25) is 0 Å². The molecule has 0 aliphatic carbocycles. The first-order valence-corrected chi connectivity index (χ1v) is 8.93. The summed E-state index contributed by atoms with van der Waals surface area (Å²) in [6.07, 6.45) is 4.90. The summed E-state index contributed by atoms with van der Waals surface area (Å²) in [4.78, 5) is 7.11. The van der Waals surface area contributed by atoms with E-state index in [1.165, 1.54) is 5.56 Å². The van der Waals surface area contributed by atoms with Gasteiger partial charge in [-0.25, -0.2) is 0 Å². The lowest BCUT2D eigenvalue weighted by Gasteiger charge is -2.34. The van der Waals surface area contributed by atoms with E-state index >= 15 is 0 Å². The summed E-state index contributed by atoms with van der Waals surface area (Å²) in [5, 5.41) is 7.67. The normalized spacial score (nSPS) is 17.7. The van der Waals surface area contributed by atoms with E-state index in [9.17, 15) is 0 Å². The zero-order valence-electron chi connectivity index (χ0n) is 15.5. The van der Waals surface area contributed by atoms with Crippen molar-refractivity contribution in [2.45, 2.75) is 19.4 Å². The molecule has 7 heteroatoms. The highest BCUT2D eigenvalue weighted by atomic mass is 127. The van der Waals surface area contributed by atoms with Crippen LogP contribution in [0.2, 0.25) is 0 Å². The predicted octanol–water partition coefficient (Wildman–Crippen LogP) is 2.62. The lowest BCUT2D eigenvalue weighted by atomic mass is 10.1. The first-order valence-electron chi connectivity index (χ1n) is 8.93. The lowest BCUT2D eigenvalue weighted by molar-refractivity contribution is -0.00803. The van der Waals surface area contributed by atoms with Gasteiger partial charge >= 0.3 is 0 Å². The van der Waals surface area contributed by atoms with Gasteiger partial charge in [0.15, 0.2) is 5.96 Å². The summed E-state index contributed by atoms with van der Waals surface area (Å²) < 4.78 is 7.75. The van der Waals surface area contributed by atoms with Crippen molar-refractivity contribution in [2.75, 3.05) is 32.8 Å². The second-order valence-electron chi connectivity index (χ2n) is 6.22. The van der Waals surface area contributed by atoms with E-state index in [-0.39, 0.29) is 30.1 Å². The SMILES string of the molecule is CCNC(=NCCc1ccccc1)N1CCOC(c2cnn(C)c2)C1.I. The van der Waals surface area contributed by atoms with Crippen molar-refractivity contribution in [3.05, 3.63) is 53.9 Å². The Morgan fingerprint density at radius 2 is 2.15 bits per heavy atom. The third-order valence-corrected chi connectivity index (χ3v) is 4.30. The van der Waals surface area contributed by atoms with E-state index in [1.54, 1.807) is 0 Å². The topological polar surface area (TPSA) is 54.7 Å². The number of aryl methyl sites for hydroxylation is 1. The number of guanidine groups is 1. The monoisotopic (exact) mass is 469 g/mol. The van der Waals surface area contributed by atoms with Gasteiger partial charge in [-0.05, 0) is 18.9 Å². The Balaban J connectivity index is 0.00000243. The number of morpholine rings is 1. The minimum Gasteiger partial charge on any atom is -0.370 e. The molecular weight excluding hydrogens is 441 g/mol. The summed E-state index contributed by atoms with van der Waals surface area (Å²) in [5.74, 6) is 0.968. The van der Waals surface area contributed by atoms with E-state index < -0.39 is 0 Å². The Labute approximate surface area is 172 Å². The second kappa shape index (κ2) is 10.5. The molecule has 1 aliphatic heterocycles. The first kappa shape index (κ1) is 20.7. The molecular formula is C19H28IN5O. The molecule has 1 aliphatic rings. The van der Waals surface area contributed by atoms with Crippen LogP contribution in [0.3, 0.4) is 0 Å². The number of aromatic nitrogens is 2. The number of ether oxygens (including phenoxy) is 1. The van der Waals surface area contributed by atoms with Crippen molar-refractivity contribution < 1.29 is 4.74 Å². The number of hydrogen-bond acceptors (Lipinski definition) is 3. The maximum atomic E-state index is 5.93. The fraction of sp³-hybridized carbons (Fsp3) is 0.474. The van der Waals surface area contributed by atoms with Crippen LogP contribution in [0.4, 0.5) is 0 Å². The third-order valence-electron chi connectivity index (χ3n) is 4.30. The molecule has 26 heavy (non-hydrogen) atoms. The fourth-order valence-corrected chi connectivity index (χ4v) is 3.01. The van der Waals surface area contributed by atoms with Gasteiger partial charge in [-0.2, -0.15) is 5.10 Å². The number of hydrogen-bond donors (Lipinski definition) is 1. The van der Waals surface area contributed by atoms with Crippen molar-refractivity contribution in [3.63, 3.8) is 0 Å². The summed E-state index contributed by atoms with van der Waals surface area (Å²) in [5.41, 5.74) is 2.43. The summed E-state index contributed by atoms with van der Waals surface area (Å²) in [7, 11) is 1.93. The van der Waals surface area contributed by atoms with Crippen LogP contribution in [0.15, 0.2) is 47.7 Å². The van der Waals surface area contributed by atoms with Crippen LogP contribution in [0.25, 0.3) is 0 Å². The smallest absolute Gasteiger partial charge is 0.194 e. The van der Waals surface area contributed by atoms with E-state index in [2.05, 4.69) is 46.5 Å². The van der Waals surface area contributed by atoms with Gasteiger partial charge in [0, 0.05) is 38.4 Å². The molecule has 6 nitrogen and oxygen atoms in total. The maximum absolute atomic E-state index is 5.93. The van der Waals surface area contributed by atoms with Crippen molar-refractivity contribution >= 4 is 29.9 Å². The van der Waals surface area contributed by atoms with E-state index in [0.29, 0.717) is 6.61 Å². The lowest BCUT2D eigenvalue weighted by Crippen LogP contribution is -2.48. The highest BCUT2D eigenvalue weighted by Crippen LogP contribution is 2.21. The zero-order chi connectivity index (χ0) is 17.5. The van der Waals surface area contributed by atoms with Crippen LogP contribution in [-0.4, -0.2) is 53.4 Å². The van der Waals surface area contributed by atoms with Gasteiger partial charge in [-0.3, -0.25) is 9.67 Å². The zero-order valence-corrected chi connectivity index (χ0v) is 17.8. The van der Waals surface area contributed by atoms with E-state index in [0.717, 1.165) is 44.1 Å². The molecule has 2 aromatic rings. The molecule has 1 atom stereocenters. The van der Waals surface area contributed by atoms with Crippen LogP contribution in [0.1, 0.15) is 24.2 Å². The predicted molar refractivity (Wildman–Crippen MR) is 115 cm³/mol. The molecule has 3 rings (SSSR count). The van der Waals surface area contributed by atoms with Crippen molar-refractivity contribution in [1.29, 1.82) is 0 Å². The van der Waals surface area contributed by atoms with E-state index in [1.807, 2.05) is 30.2 Å².